The van der Waals surface area contributed by atoms with Crippen molar-refractivity contribution in [3.05, 3.63) is 23.7 Å². The number of nitrogens with zero attached hydrogens (tertiary/aromatic N) is 1. The topological polar surface area (TPSA) is 59.5 Å². The van der Waals surface area contributed by atoms with Crippen LogP contribution in [0.2, 0.25) is 0 Å². The first-order chi connectivity index (χ1) is 9.72. The van der Waals surface area contributed by atoms with E-state index in [9.17, 15) is 4.79 Å². The molecule has 1 aromatic heterocycles. The van der Waals surface area contributed by atoms with Crippen molar-refractivity contribution in [2.75, 3.05) is 13.1 Å². The standard InChI is InChI=1S/C16H26N2O2/c1-13-11-14(12-20-13)16(19)18(10-6-9-17)15-7-4-2-3-5-8-15/h11-12,15H,2-10,17H2,1H3. The number of furan rings is 1. The van der Waals surface area contributed by atoms with Crippen LogP contribution >= 0.6 is 0 Å². The highest BCUT2D eigenvalue weighted by atomic mass is 16.3. The molecule has 4 nitrogen and oxygen atoms in total. The summed E-state index contributed by atoms with van der Waals surface area (Å²) in [5, 5.41) is 0. The number of carbonyl (C=O) groups is 1. The Bertz CT molecular complexity index is 420. The van der Waals surface area contributed by atoms with E-state index in [1.165, 1.54) is 25.7 Å². The minimum Gasteiger partial charge on any atom is -0.469 e. The largest absolute Gasteiger partial charge is 0.469 e. The van der Waals surface area contributed by atoms with Gasteiger partial charge >= 0.3 is 0 Å². The van der Waals surface area contributed by atoms with Crippen LogP contribution in [0, 0.1) is 6.92 Å². The van der Waals surface area contributed by atoms with Crippen LogP contribution in [0.4, 0.5) is 0 Å². The molecule has 2 N–H and O–H groups in total. The van der Waals surface area contributed by atoms with Crippen LogP contribution in [0.1, 0.15) is 61.1 Å². The maximum absolute atomic E-state index is 12.7. The van der Waals surface area contributed by atoms with Gasteiger partial charge in [0.05, 0.1) is 5.56 Å². The number of rotatable bonds is 5. The number of hydrogen-bond donors (Lipinski definition) is 1. The van der Waals surface area contributed by atoms with Gasteiger partial charge in [-0.05, 0) is 38.8 Å². The van der Waals surface area contributed by atoms with Gasteiger partial charge in [-0.1, -0.05) is 25.7 Å². The molecule has 1 saturated carbocycles. The van der Waals surface area contributed by atoms with E-state index < -0.39 is 0 Å². The molecule has 0 bridgehead atoms. The van der Waals surface area contributed by atoms with Gasteiger partial charge in [-0.15, -0.1) is 0 Å². The fourth-order valence-electron chi connectivity index (χ4n) is 3.00. The molecule has 1 fully saturated rings. The lowest BCUT2D eigenvalue weighted by molar-refractivity contribution is 0.0658. The van der Waals surface area contributed by atoms with Crippen molar-refractivity contribution in [1.82, 2.24) is 4.90 Å². The quantitative estimate of drug-likeness (QED) is 0.842. The summed E-state index contributed by atoms with van der Waals surface area (Å²) in [6.07, 6.45) is 9.70. The van der Waals surface area contributed by atoms with E-state index in [0.29, 0.717) is 18.2 Å². The third-order valence-electron chi connectivity index (χ3n) is 4.11. The monoisotopic (exact) mass is 278 g/mol. The summed E-state index contributed by atoms with van der Waals surface area (Å²) in [7, 11) is 0. The Hall–Kier alpha value is -1.29. The number of hydrogen-bond acceptors (Lipinski definition) is 3. The summed E-state index contributed by atoms with van der Waals surface area (Å²) in [6, 6.07) is 2.20. The second-order valence-corrected chi connectivity index (χ2v) is 5.73. The van der Waals surface area contributed by atoms with E-state index in [1.807, 2.05) is 17.9 Å². The molecule has 0 spiro atoms. The van der Waals surface area contributed by atoms with Gasteiger partial charge in [-0.3, -0.25) is 4.79 Å². The third-order valence-corrected chi connectivity index (χ3v) is 4.11. The molecule has 1 aromatic rings. The fraction of sp³-hybridized carbons (Fsp3) is 0.688. The summed E-state index contributed by atoms with van der Waals surface area (Å²) < 4.78 is 5.28. The lowest BCUT2D eigenvalue weighted by Crippen LogP contribution is -2.41. The Morgan fingerprint density at radius 3 is 2.60 bits per heavy atom. The van der Waals surface area contributed by atoms with Crippen LogP contribution in [0.25, 0.3) is 0 Å². The maximum atomic E-state index is 12.7. The number of carbonyl (C=O) groups excluding carboxylic acids is 1. The van der Waals surface area contributed by atoms with Gasteiger partial charge in [0.15, 0.2) is 0 Å². The zero-order chi connectivity index (χ0) is 14.4. The predicted octanol–water partition coefficient (Wildman–Crippen LogP) is 3.10. The highest BCUT2D eigenvalue weighted by Crippen LogP contribution is 2.24. The first kappa shape index (κ1) is 15.1. The smallest absolute Gasteiger partial charge is 0.257 e. The van der Waals surface area contributed by atoms with Crippen molar-refractivity contribution in [2.24, 2.45) is 5.73 Å². The number of aryl methyl sites for hydroxylation is 1. The van der Waals surface area contributed by atoms with E-state index in [2.05, 4.69) is 0 Å². The SMILES string of the molecule is Cc1cc(C(=O)N(CCCN)C2CCCCCC2)co1. The molecule has 0 radical (unpaired) electrons. The van der Waals surface area contributed by atoms with Crippen LogP contribution < -0.4 is 5.73 Å². The van der Waals surface area contributed by atoms with Crippen molar-refractivity contribution in [2.45, 2.75) is 57.9 Å². The third kappa shape index (κ3) is 3.85. The van der Waals surface area contributed by atoms with Crippen LogP contribution in [0.3, 0.4) is 0 Å². The minimum absolute atomic E-state index is 0.0993. The second-order valence-electron chi connectivity index (χ2n) is 5.73. The van der Waals surface area contributed by atoms with Gasteiger partial charge in [0.25, 0.3) is 5.91 Å². The molecule has 0 saturated heterocycles. The molecule has 0 aromatic carbocycles. The Morgan fingerprint density at radius 2 is 2.05 bits per heavy atom. The Labute approximate surface area is 121 Å². The van der Waals surface area contributed by atoms with Gasteiger partial charge in [-0.2, -0.15) is 0 Å². The zero-order valence-electron chi connectivity index (χ0n) is 12.4. The highest BCUT2D eigenvalue weighted by Gasteiger charge is 2.25. The highest BCUT2D eigenvalue weighted by molar-refractivity contribution is 5.94. The van der Waals surface area contributed by atoms with E-state index in [-0.39, 0.29) is 5.91 Å². The summed E-state index contributed by atoms with van der Waals surface area (Å²) in [6.45, 7) is 3.25. The molecule has 0 unspecified atom stereocenters. The zero-order valence-corrected chi connectivity index (χ0v) is 12.4. The van der Waals surface area contributed by atoms with E-state index in [1.54, 1.807) is 6.26 Å². The molecule has 1 aliphatic rings. The van der Waals surface area contributed by atoms with Gasteiger partial charge in [-0.25, -0.2) is 0 Å². The van der Waals surface area contributed by atoms with Crippen molar-refractivity contribution in [3.8, 4) is 0 Å². The Kier molecular flexibility index (Phi) is 5.65. The normalized spacial score (nSPS) is 16.9. The van der Waals surface area contributed by atoms with Gasteiger partial charge in [0, 0.05) is 12.6 Å². The van der Waals surface area contributed by atoms with E-state index in [4.69, 9.17) is 10.2 Å². The molecule has 0 atom stereocenters. The Morgan fingerprint density at radius 1 is 1.35 bits per heavy atom. The first-order valence-electron chi connectivity index (χ1n) is 7.78. The average Bonchev–Trinajstić information content (AvgIpc) is 2.72. The van der Waals surface area contributed by atoms with Gasteiger partial charge in [0.1, 0.15) is 12.0 Å². The van der Waals surface area contributed by atoms with Crippen LogP contribution in [0.15, 0.2) is 16.7 Å². The fourth-order valence-corrected chi connectivity index (χ4v) is 3.00. The second kappa shape index (κ2) is 7.48. The number of amides is 1. The molecule has 4 heteroatoms. The van der Waals surface area contributed by atoms with Crippen molar-refractivity contribution in [1.29, 1.82) is 0 Å². The molecule has 0 aliphatic heterocycles. The van der Waals surface area contributed by atoms with E-state index >= 15 is 0 Å². The molecule has 2 rings (SSSR count). The lowest BCUT2D eigenvalue weighted by Gasteiger charge is -2.31. The summed E-state index contributed by atoms with van der Waals surface area (Å²) in [5.41, 5.74) is 6.29. The maximum Gasteiger partial charge on any atom is 0.257 e. The summed E-state index contributed by atoms with van der Waals surface area (Å²) >= 11 is 0. The minimum atomic E-state index is 0.0993. The molecule has 1 aliphatic carbocycles. The molecule has 1 amide bonds. The summed E-state index contributed by atoms with van der Waals surface area (Å²) in [5.74, 6) is 0.884. The molecule has 112 valence electrons. The lowest BCUT2D eigenvalue weighted by atomic mass is 10.1. The van der Waals surface area contributed by atoms with Crippen molar-refractivity contribution >= 4 is 5.91 Å². The molecular formula is C16H26N2O2. The van der Waals surface area contributed by atoms with Gasteiger partial charge in [0.2, 0.25) is 0 Å². The van der Waals surface area contributed by atoms with Crippen LogP contribution in [0.5, 0.6) is 0 Å². The first-order valence-corrected chi connectivity index (χ1v) is 7.78. The van der Waals surface area contributed by atoms with Crippen molar-refractivity contribution < 1.29 is 9.21 Å². The van der Waals surface area contributed by atoms with E-state index in [0.717, 1.165) is 31.6 Å². The van der Waals surface area contributed by atoms with Crippen LogP contribution in [-0.4, -0.2) is 29.9 Å². The molecule has 1 heterocycles. The average molecular weight is 278 g/mol. The molecule has 20 heavy (non-hydrogen) atoms. The Balaban J connectivity index is 2.10. The van der Waals surface area contributed by atoms with Gasteiger partial charge < -0.3 is 15.1 Å². The molecular weight excluding hydrogens is 252 g/mol. The summed E-state index contributed by atoms with van der Waals surface area (Å²) in [4.78, 5) is 14.7. The predicted molar refractivity (Wildman–Crippen MR) is 79.6 cm³/mol. The van der Waals surface area contributed by atoms with Crippen LogP contribution in [-0.2, 0) is 0 Å². The van der Waals surface area contributed by atoms with Crippen molar-refractivity contribution in [3.63, 3.8) is 0 Å². The number of nitrogens with two attached hydrogens (primary N) is 1.